The molecule has 0 spiro atoms. The molecule has 1 aromatic rings. The zero-order valence-electron chi connectivity index (χ0n) is 9.59. The van der Waals surface area contributed by atoms with Crippen LogP contribution in [-0.2, 0) is 0 Å². The summed E-state index contributed by atoms with van der Waals surface area (Å²) < 4.78 is 31.2. The molecule has 2 nitrogen and oxygen atoms in total. The van der Waals surface area contributed by atoms with Gasteiger partial charge in [0.2, 0.25) is 0 Å². The lowest BCUT2D eigenvalue weighted by Crippen LogP contribution is -2.22. The summed E-state index contributed by atoms with van der Waals surface area (Å²) in [5, 5.41) is 3.15. The Balaban J connectivity index is 2.46. The average molecular weight is 229 g/mol. The van der Waals surface area contributed by atoms with E-state index in [1.165, 1.54) is 12.1 Å². The van der Waals surface area contributed by atoms with Gasteiger partial charge in [-0.3, -0.25) is 0 Å². The van der Waals surface area contributed by atoms with E-state index >= 15 is 0 Å². The summed E-state index contributed by atoms with van der Waals surface area (Å²) in [6, 6.07) is 3.33. The largest absolute Gasteiger partial charge is 0.488 e. The molecule has 0 saturated carbocycles. The van der Waals surface area contributed by atoms with Gasteiger partial charge in [0.15, 0.2) is 11.6 Å². The second kappa shape index (κ2) is 6.43. The van der Waals surface area contributed by atoms with Gasteiger partial charge in [-0.1, -0.05) is 6.92 Å². The highest BCUT2D eigenvalue weighted by Crippen LogP contribution is 2.19. The Hall–Kier alpha value is -1.16. The monoisotopic (exact) mass is 229 g/mol. The van der Waals surface area contributed by atoms with Crippen LogP contribution < -0.4 is 10.1 Å². The minimum absolute atomic E-state index is 0.0981. The van der Waals surface area contributed by atoms with Crippen LogP contribution in [0.5, 0.6) is 5.75 Å². The van der Waals surface area contributed by atoms with E-state index in [4.69, 9.17) is 4.74 Å². The summed E-state index contributed by atoms with van der Waals surface area (Å²) >= 11 is 0. The van der Waals surface area contributed by atoms with Crippen molar-refractivity contribution in [2.24, 2.45) is 0 Å². The first kappa shape index (κ1) is 12.9. The predicted octanol–water partition coefficient (Wildman–Crippen LogP) is 2.73. The van der Waals surface area contributed by atoms with E-state index in [-0.39, 0.29) is 11.9 Å². The van der Waals surface area contributed by atoms with E-state index in [1.807, 2.05) is 13.8 Å². The molecule has 0 saturated heterocycles. The highest BCUT2D eigenvalue weighted by atomic mass is 19.1. The van der Waals surface area contributed by atoms with Crippen LogP contribution in [0.4, 0.5) is 8.78 Å². The Morgan fingerprint density at radius 2 is 2.12 bits per heavy atom. The second-order valence-electron chi connectivity index (χ2n) is 3.65. The van der Waals surface area contributed by atoms with E-state index in [0.29, 0.717) is 0 Å². The SMILES string of the molecule is CCNCCC(C)Oc1ccc(F)cc1F. The molecule has 0 fully saturated rings. The van der Waals surface area contributed by atoms with E-state index < -0.39 is 11.6 Å². The molecular formula is C12H17F2NO. The molecule has 4 heteroatoms. The van der Waals surface area contributed by atoms with Gasteiger partial charge < -0.3 is 10.1 Å². The molecule has 16 heavy (non-hydrogen) atoms. The average Bonchev–Trinajstić information content (AvgIpc) is 2.23. The number of nitrogens with one attached hydrogen (secondary N) is 1. The van der Waals surface area contributed by atoms with Gasteiger partial charge in [-0.25, -0.2) is 8.78 Å². The number of hydrogen-bond donors (Lipinski definition) is 1. The summed E-state index contributed by atoms with van der Waals surface area (Å²) in [6.07, 6.45) is 0.684. The van der Waals surface area contributed by atoms with Crippen LogP contribution in [0.25, 0.3) is 0 Å². The molecule has 0 heterocycles. The zero-order chi connectivity index (χ0) is 12.0. The molecule has 0 aromatic heterocycles. The van der Waals surface area contributed by atoms with E-state index in [1.54, 1.807) is 0 Å². The maximum absolute atomic E-state index is 13.2. The molecule has 1 atom stereocenters. The number of ether oxygens (including phenoxy) is 1. The fourth-order valence-corrected chi connectivity index (χ4v) is 1.33. The second-order valence-corrected chi connectivity index (χ2v) is 3.65. The van der Waals surface area contributed by atoms with E-state index in [0.717, 1.165) is 25.6 Å². The van der Waals surface area contributed by atoms with Gasteiger partial charge in [0, 0.05) is 6.07 Å². The molecule has 1 N–H and O–H groups in total. The van der Waals surface area contributed by atoms with Crippen molar-refractivity contribution in [3.8, 4) is 5.75 Å². The van der Waals surface area contributed by atoms with Crippen LogP contribution in [0.1, 0.15) is 20.3 Å². The van der Waals surface area contributed by atoms with Gasteiger partial charge in [0.25, 0.3) is 0 Å². The minimum atomic E-state index is -0.657. The quantitative estimate of drug-likeness (QED) is 0.757. The molecule has 0 aliphatic heterocycles. The summed E-state index contributed by atoms with van der Waals surface area (Å²) in [5.41, 5.74) is 0. The zero-order valence-corrected chi connectivity index (χ0v) is 9.59. The summed E-state index contributed by atoms with van der Waals surface area (Å²) in [6.45, 7) is 5.60. The minimum Gasteiger partial charge on any atom is -0.488 e. The standard InChI is InChI=1S/C12H17F2NO/c1-3-15-7-6-9(2)16-12-5-4-10(13)8-11(12)14/h4-5,8-9,15H,3,6-7H2,1-2H3. The van der Waals surface area contributed by atoms with Gasteiger partial charge in [0.1, 0.15) is 5.82 Å². The van der Waals surface area contributed by atoms with Crippen LogP contribution in [0.2, 0.25) is 0 Å². The molecule has 1 rings (SSSR count). The number of rotatable bonds is 6. The van der Waals surface area contributed by atoms with Crippen molar-refractivity contribution in [3.05, 3.63) is 29.8 Å². The van der Waals surface area contributed by atoms with Crippen molar-refractivity contribution >= 4 is 0 Å². The first-order chi connectivity index (χ1) is 7.63. The third kappa shape index (κ3) is 4.14. The van der Waals surface area contributed by atoms with Crippen molar-refractivity contribution in [3.63, 3.8) is 0 Å². The molecule has 1 unspecified atom stereocenters. The number of benzene rings is 1. The van der Waals surface area contributed by atoms with Gasteiger partial charge >= 0.3 is 0 Å². The normalized spacial score (nSPS) is 12.5. The maximum Gasteiger partial charge on any atom is 0.167 e. The molecule has 0 amide bonds. The van der Waals surface area contributed by atoms with Crippen LogP contribution in [0.3, 0.4) is 0 Å². The fraction of sp³-hybridized carbons (Fsp3) is 0.500. The molecular weight excluding hydrogens is 212 g/mol. The Bertz CT molecular complexity index is 331. The van der Waals surface area contributed by atoms with Crippen LogP contribution in [-0.4, -0.2) is 19.2 Å². The van der Waals surface area contributed by atoms with Gasteiger partial charge in [-0.2, -0.15) is 0 Å². The molecule has 0 radical (unpaired) electrons. The summed E-state index contributed by atoms with van der Waals surface area (Å²) in [4.78, 5) is 0. The highest BCUT2D eigenvalue weighted by Gasteiger charge is 2.08. The molecule has 0 aliphatic rings. The third-order valence-electron chi connectivity index (χ3n) is 2.20. The number of hydrogen-bond acceptors (Lipinski definition) is 2. The lowest BCUT2D eigenvalue weighted by Gasteiger charge is -2.15. The first-order valence-corrected chi connectivity index (χ1v) is 5.46. The van der Waals surface area contributed by atoms with E-state index in [9.17, 15) is 8.78 Å². The molecule has 90 valence electrons. The van der Waals surface area contributed by atoms with Crippen LogP contribution in [0.15, 0.2) is 18.2 Å². The van der Waals surface area contributed by atoms with E-state index in [2.05, 4.69) is 5.32 Å². The Morgan fingerprint density at radius 3 is 2.75 bits per heavy atom. The molecule has 0 aliphatic carbocycles. The van der Waals surface area contributed by atoms with Crippen molar-refractivity contribution in [2.45, 2.75) is 26.4 Å². The van der Waals surface area contributed by atoms with Gasteiger partial charge in [-0.05, 0) is 38.6 Å². The summed E-state index contributed by atoms with van der Waals surface area (Å²) in [7, 11) is 0. The lowest BCUT2D eigenvalue weighted by molar-refractivity contribution is 0.201. The number of halogens is 2. The summed E-state index contributed by atoms with van der Waals surface area (Å²) in [5.74, 6) is -1.15. The third-order valence-corrected chi connectivity index (χ3v) is 2.20. The lowest BCUT2D eigenvalue weighted by atomic mass is 10.2. The van der Waals surface area contributed by atoms with Crippen molar-refractivity contribution in [1.82, 2.24) is 5.32 Å². The maximum atomic E-state index is 13.2. The fourth-order valence-electron chi connectivity index (χ4n) is 1.33. The van der Waals surface area contributed by atoms with Crippen molar-refractivity contribution in [2.75, 3.05) is 13.1 Å². The van der Waals surface area contributed by atoms with Gasteiger partial charge in [0.05, 0.1) is 6.10 Å². The highest BCUT2D eigenvalue weighted by molar-refractivity contribution is 5.24. The smallest absolute Gasteiger partial charge is 0.167 e. The van der Waals surface area contributed by atoms with Gasteiger partial charge in [-0.15, -0.1) is 0 Å². The Morgan fingerprint density at radius 1 is 1.38 bits per heavy atom. The Labute approximate surface area is 94.6 Å². The first-order valence-electron chi connectivity index (χ1n) is 5.46. The Kier molecular flexibility index (Phi) is 5.19. The van der Waals surface area contributed by atoms with Crippen molar-refractivity contribution in [1.29, 1.82) is 0 Å². The van der Waals surface area contributed by atoms with Crippen LogP contribution in [0, 0.1) is 11.6 Å². The van der Waals surface area contributed by atoms with Crippen LogP contribution >= 0.6 is 0 Å². The molecule has 0 bridgehead atoms. The molecule has 1 aromatic carbocycles. The predicted molar refractivity (Wildman–Crippen MR) is 59.6 cm³/mol. The topological polar surface area (TPSA) is 21.3 Å². The van der Waals surface area contributed by atoms with Crippen molar-refractivity contribution < 1.29 is 13.5 Å².